The van der Waals surface area contributed by atoms with E-state index in [4.69, 9.17) is 4.74 Å². The van der Waals surface area contributed by atoms with Crippen molar-refractivity contribution in [2.45, 2.75) is 50.5 Å². The van der Waals surface area contributed by atoms with Crippen LogP contribution in [-0.2, 0) is 19.6 Å². The Labute approximate surface area is 191 Å². The van der Waals surface area contributed by atoms with Gasteiger partial charge in [0.2, 0.25) is 15.9 Å². The van der Waals surface area contributed by atoms with Crippen molar-refractivity contribution in [1.82, 2.24) is 14.5 Å². The molecule has 32 heavy (non-hydrogen) atoms. The summed E-state index contributed by atoms with van der Waals surface area (Å²) in [5.41, 5.74) is 0. The molecular weight excluding hydrogens is 433 g/mol. The van der Waals surface area contributed by atoms with Crippen LogP contribution in [0.15, 0.2) is 29.2 Å². The van der Waals surface area contributed by atoms with E-state index in [0.717, 1.165) is 38.1 Å². The topological polar surface area (TPSA) is 79.0 Å². The van der Waals surface area contributed by atoms with E-state index in [9.17, 15) is 17.6 Å². The van der Waals surface area contributed by atoms with Crippen molar-refractivity contribution in [2.24, 2.45) is 11.8 Å². The minimum Gasteiger partial charge on any atom is -0.379 e. The fraction of sp³-hybridized carbons (Fsp3) is 0.696. The van der Waals surface area contributed by atoms with Crippen LogP contribution in [0.3, 0.4) is 0 Å². The number of halogens is 1. The van der Waals surface area contributed by atoms with Crippen LogP contribution >= 0.6 is 0 Å². The SMILES string of the molecule is CCC(CC)C(CNC(=O)C1CCCN(S(=O)(=O)c2ccc(F)cc2)C1)N1CCOCC1. The lowest BCUT2D eigenvalue weighted by Gasteiger charge is -2.39. The summed E-state index contributed by atoms with van der Waals surface area (Å²) in [7, 11) is -3.75. The van der Waals surface area contributed by atoms with Gasteiger partial charge in [-0.2, -0.15) is 4.31 Å². The van der Waals surface area contributed by atoms with Crippen LogP contribution < -0.4 is 5.32 Å². The van der Waals surface area contributed by atoms with Gasteiger partial charge in [0.1, 0.15) is 5.82 Å². The molecule has 0 radical (unpaired) electrons. The van der Waals surface area contributed by atoms with Gasteiger partial charge in [0, 0.05) is 38.8 Å². The molecule has 2 aliphatic heterocycles. The summed E-state index contributed by atoms with van der Waals surface area (Å²) in [6.07, 6.45) is 3.37. The number of benzene rings is 1. The molecule has 1 aromatic rings. The van der Waals surface area contributed by atoms with Crippen molar-refractivity contribution < 1.29 is 22.3 Å². The van der Waals surface area contributed by atoms with E-state index >= 15 is 0 Å². The van der Waals surface area contributed by atoms with Crippen molar-refractivity contribution in [2.75, 3.05) is 45.9 Å². The van der Waals surface area contributed by atoms with Gasteiger partial charge in [0.05, 0.1) is 24.0 Å². The average Bonchev–Trinajstić information content (AvgIpc) is 2.82. The number of ether oxygens (including phenoxy) is 1. The first-order valence-corrected chi connectivity index (χ1v) is 13.2. The van der Waals surface area contributed by atoms with Crippen LogP contribution in [0.1, 0.15) is 39.5 Å². The Morgan fingerprint density at radius 3 is 2.44 bits per heavy atom. The molecule has 7 nitrogen and oxygen atoms in total. The summed E-state index contributed by atoms with van der Waals surface area (Å²) < 4.78 is 46.0. The Morgan fingerprint density at radius 1 is 1.16 bits per heavy atom. The van der Waals surface area contributed by atoms with Crippen molar-refractivity contribution in [3.63, 3.8) is 0 Å². The molecule has 2 atom stereocenters. The van der Waals surface area contributed by atoms with Crippen LogP contribution in [0.5, 0.6) is 0 Å². The highest BCUT2D eigenvalue weighted by molar-refractivity contribution is 7.89. The minimum atomic E-state index is -3.75. The molecule has 1 amide bonds. The number of nitrogens with one attached hydrogen (secondary N) is 1. The molecule has 9 heteroatoms. The summed E-state index contributed by atoms with van der Waals surface area (Å²) in [6, 6.07) is 5.09. The molecule has 0 saturated carbocycles. The molecule has 180 valence electrons. The molecule has 2 unspecified atom stereocenters. The van der Waals surface area contributed by atoms with Crippen molar-refractivity contribution >= 4 is 15.9 Å². The lowest BCUT2D eigenvalue weighted by atomic mass is 9.92. The molecule has 0 aliphatic carbocycles. The highest BCUT2D eigenvalue weighted by Crippen LogP contribution is 2.25. The lowest BCUT2D eigenvalue weighted by Crippen LogP contribution is -2.53. The van der Waals surface area contributed by atoms with Crippen LogP contribution in [-0.4, -0.2) is 75.5 Å². The van der Waals surface area contributed by atoms with Gasteiger partial charge in [-0.25, -0.2) is 12.8 Å². The Balaban J connectivity index is 1.63. The number of amides is 1. The first-order valence-electron chi connectivity index (χ1n) is 11.7. The molecule has 2 saturated heterocycles. The number of carbonyl (C=O) groups excluding carboxylic acids is 1. The maximum atomic E-state index is 13.2. The average molecular weight is 470 g/mol. The predicted molar refractivity (Wildman–Crippen MR) is 121 cm³/mol. The van der Waals surface area contributed by atoms with Gasteiger partial charge in [-0.15, -0.1) is 0 Å². The van der Waals surface area contributed by atoms with Gasteiger partial charge in [0.25, 0.3) is 0 Å². The molecule has 0 spiro atoms. The molecule has 0 aromatic heterocycles. The fourth-order valence-corrected chi connectivity index (χ4v) is 6.34. The Morgan fingerprint density at radius 2 is 1.81 bits per heavy atom. The number of rotatable bonds is 9. The monoisotopic (exact) mass is 469 g/mol. The van der Waals surface area contributed by atoms with E-state index in [1.807, 2.05) is 0 Å². The van der Waals surface area contributed by atoms with Crippen molar-refractivity contribution in [3.8, 4) is 0 Å². The number of hydrogen-bond acceptors (Lipinski definition) is 5. The summed E-state index contributed by atoms with van der Waals surface area (Å²) in [5.74, 6) is -0.471. The van der Waals surface area contributed by atoms with Gasteiger partial charge in [-0.3, -0.25) is 9.69 Å². The number of piperidine rings is 1. The third kappa shape index (κ3) is 6.07. The van der Waals surface area contributed by atoms with Crippen LogP contribution in [0.25, 0.3) is 0 Å². The second kappa shape index (κ2) is 11.5. The third-order valence-corrected chi connectivity index (χ3v) is 8.68. The standard InChI is InChI=1S/C23H36FN3O4S/c1-3-18(4-2)22(26-12-14-31-15-13-26)16-25-23(28)19-6-5-11-27(17-19)32(29,30)21-9-7-20(24)8-10-21/h7-10,18-19,22H,3-6,11-17H2,1-2H3,(H,25,28). The van der Waals surface area contributed by atoms with Crippen LogP contribution in [0.4, 0.5) is 4.39 Å². The summed E-state index contributed by atoms with van der Waals surface area (Å²) in [5, 5.41) is 3.13. The lowest BCUT2D eigenvalue weighted by molar-refractivity contribution is -0.126. The molecule has 1 N–H and O–H groups in total. The number of carbonyl (C=O) groups is 1. The van der Waals surface area contributed by atoms with Gasteiger partial charge < -0.3 is 10.1 Å². The molecule has 0 bridgehead atoms. The van der Waals surface area contributed by atoms with Crippen molar-refractivity contribution in [3.05, 3.63) is 30.1 Å². The van der Waals surface area contributed by atoms with E-state index in [2.05, 4.69) is 24.1 Å². The molecule has 1 aromatic carbocycles. The number of hydrogen-bond donors (Lipinski definition) is 1. The second-order valence-corrected chi connectivity index (χ2v) is 10.6. The molecule has 2 fully saturated rings. The van der Waals surface area contributed by atoms with E-state index < -0.39 is 15.8 Å². The van der Waals surface area contributed by atoms with Gasteiger partial charge >= 0.3 is 0 Å². The quantitative estimate of drug-likeness (QED) is 0.601. The molecular formula is C23H36FN3O4S. The normalized spacial score (nSPS) is 22.1. The van der Waals surface area contributed by atoms with Gasteiger partial charge in [-0.1, -0.05) is 26.7 Å². The summed E-state index contributed by atoms with van der Waals surface area (Å²) in [4.78, 5) is 15.5. The Hall–Kier alpha value is -1.55. The van der Waals surface area contributed by atoms with E-state index in [-0.39, 0.29) is 29.3 Å². The van der Waals surface area contributed by atoms with E-state index in [1.165, 1.54) is 16.4 Å². The van der Waals surface area contributed by atoms with Crippen molar-refractivity contribution in [1.29, 1.82) is 0 Å². The van der Waals surface area contributed by atoms with E-state index in [1.54, 1.807) is 0 Å². The summed E-state index contributed by atoms with van der Waals surface area (Å²) >= 11 is 0. The maximum absolute atomic E-state index is 13.2. The molecule has 2 heterocycles. The fourth-order valence-electron chi connectivity index (χ4n) is 4.82. The summed E-state index contributed by atoms with van der Waals surface area (Å²) in [6.45, 7) is 8.60. The molecule has 2 aliphatic rings. The number of nitrogens with zero attached hydrogens (tertiary/aromatic N) is 2. The number of morpholine rings is 1. The zero-order valence-corrected chi connectivity index (χ0v) is 19.9. The highest BCUT2D eigenvalue weighted by atomic mass is 32.2. The Kier molecular flexibility index (Phi) is 9.04. The minimum absolute atomic E-state index is 0.0565. The van der Waals surface area contributed by atoms with Crippen LogP contribution in [0.2, 0.25) is 0 Å². The largest absolute Gasteiger partial charge is 0.379 e. The predicted octanol–water partition coefficient (Wildman–Crippen LogP) is 2.48. The smallest absolute Gasteiger partial charge is 0.243 e. The second-order valence-electron chi connectivity index (χ2n) is 8.69. The third-order valence-electron chi connectivity index (χ3n) is 6.80. The maximum Gasteiger partial charge on any atom is 0.243 e. The molecule has 3 rings (SSSR count). The van der Waals surface area contributed by atoms with E-state index in [0.29, 0.717) is 45.1 Å². The van der Waals surface area contributed by atoms with Gasteiger partial charge in [0.15, 0.2) is 0 Å². The van der Waals surface area contributed by atoms with Gasteiger partial charge in [-0.05, 0) is 43.0 Å². The zero-order chi connectivity index (χ0) is 23.1. The zero-order valence-electron chi connectivity index (χ0n) is 19.1. The van der Waals surface area contributed by atoms with Crippen LogP contribution in [0, 0.1) is 17.7 Å². The first-order chi connectivity index (χ1) is 15.4. The Bertz CT molecular complexity index is 839. The first kappa shape index (κ1) is 25.1. The number of sulfonamides is 1. The highest BCUT2D eigenvalue weighted by Gasteiger charge is 2.34.